The highest BCUT2D eigenvalue weighted by Crippen LogP contribution is 2.25. The zero-order chi connectivity index (χ0) is 38.6. The van der Waals surface area contributed by atoms with Gasteiger partial charge in [0.05, 0.1) is 20.0 Å². The van der Waals surface area contributed by atoms with E-state index in [9.17, 15) is 8.78 Å². The fourth-order valence-electron chi connectivity index (χ4n) is 2.75. The van der Waals surface area contributed by atoms with Crippen LogP contribution in [0.1, 0.15) is 128 Å². The topological polar surface area (TPSA) is 58.2 Å². The Bertz CT molecular complexity index is 355. The molecule has 0 radical (unpaired) electrons. The van der Waals surface area contributed by atoms with Crippen LogP contribution >= 0.6 is 0 Å². The maximum atomic E-state index is 11.4. The zero-order valence-corrected chi connectivity index (χ0v) is 35.8. The van der Waals surface area contributed by atoms with E-state index < -0.39 is 0 Å². The standard InChI is InChI=1S/C6H14O.C5H9F.2C5H13N.2C4H11N.2C4H10O.CH3F/c1-4-5-6(2)7-3;6-4-5-2-1-3-5;1-4-5-6(2)3;1-4-6(3)5-2;1-3-4-5-2;1-3-5-4-2;1-3-4-5-2;1-3-5-4-2;1-2/h6H,4-5H2,1-3H3;5H,1-4H2;2*4-5H2,1-3H3;2*5H,3-4H2,1-2H3;2*3-4H2,1-2H3;1H3. The lowest BCUT2D eigenvalue weighted by atomic mass is 9.87. The minimum absolute atomic E-state index is 0.0833. The summed E-state index contributed by atoms with van der Waals surface area (Å²) in [6.07, 6.45) is 9.98. The number of halogens is 2. The van der Waals surface area contributed by atoms with E-state index in [2.05, 4.69) is 104 Å². The summed E-state index contributed by atoms with van der Waals surface area (Å²) in [6.45, 7) is 32.5. The van der Waals surface area contributed by atoms with Gasteiger partial charge in [-0.05, 0) is 133 Å². The number of hydrogen-bond donors (Lipinski definition) is 2. The largest absolute Gasteiger partial charge is 0.385 e. The highest BCUT2D eigenvalue weighted by atomic mass is 19.1. The Morgan fingerprint density at radius 1 is 0.766 bits per heavy atom. The molecule has 1 fully saturated rings. The van der Waals surface area contributed by atoms with Crippen LogP contribution in [0.25, 0.3) is 0 Å². The predicted molar refractivity (Wildman–Crippen MR) is 212 cm³/mol. The van der Waals surface area contributed by atoms with Crippen molar-refractivity contribution >= 4 is 0 Å². The summed E-state index contributed by atoms with van der Waals surface area (Å²) in [4.78, 5) is 4.43. The van der Waals surface area contributed by atoms with Gasteiger partial charge in [0.15, 0.2) is 0 Å². The SMILES string of the molecule is CCCC(C)OC.CCCN(C)C.CCCNC.CCCOC.CCN(C)CC.CCNCC.CCOCC.CF.FCC1CCC1. The first kappa shape index (κ1) is 65.0. The summed E-state index contributed by atoms with van der Waals surface area (Å²) in [5, 5.41) is 6.13. The van der Waals surface area contributed by atoms with Gasteiger partial charge in [-0.15, -0.1) is 0 Å². The maximum Gasteiger partial charge on any atom is 0.0922 e. The Morgan fingerprint density at radius 3 is 1.28 bits per heavy atom. The smallest absolute Gasteiger partial charge is 0.0922 e. The van der Waals surface area contributed by atoms with E-state index in [1.165, 1.54) is 38.6 Å². The molecule has 1 unspecified atom stereocenters. The molecule has 0 aromatic rings. The molecule has 2 N–H and O–H groups in total. The van der Waals surface area contributed by atoms with E-state index in [0.717, 1.165) is 71.8 Å². The zero-order valence-electron chi connectivity index (χ0n) is 35.8. The Kier molecular flexibility index (Phi) is 105. The van der Waals surface area contributed by atoms with E-state index in [-0.39, 0.29) is 6.67 Å². The Hall–Kier alpha value is -0.420. The van der Waals surface area contributed by atoms with Gasteiger partial charge in [0, 0.05) is 34.0 Å². The van der Waals surface area contributed by atoms with Crippen LogP contribution in [0, 0.1) is 5.92 Å². The van der Waals surface area contributed by atoms with E-state index in [0.29, 0.717) is 19.2 Å². The molecule has 1 aliphatic carbocycles. The average molecular weight is 693 g/mol. The molecule has 9 heteroatoms. The number of alkyl halides is 2. The number of nitrogens with zero attached hydrogens (tertiary/aromatic N) is 2. The molecule has 0 spiro atoms. The fraction of sp³-hybridized carbons (Fsp3) is 1.00. The van der Waals surface area contributed by atoms with Crippen molar-refractivity contribution in [3.63, 3.8) is 0 Å². The summed E-state index contributed by atoms with van der Waals surface area (Å²) in [6, 6.07) is 0. The molecule has 1 saturated carbocycles. The molecule has 1 atom stereocenters. The monoisotopic (exact) mass is 693 g/mol. The minimum Gasteiger partial charge on any atom is -0.385 e. The first-order chi connectivity index (χ1) is 22.5. The molecule has 0 heterocycles. The third-order valence-corrected chi connectivity index (χ3v) is 6.11. The van der Waals surface area contributed by atoms with Gasteiger partial charge in [-0.1, -0.05) is 68.2 Å². The summed E-state index contributed by atoms with van der Waals surface area (Å²) < 4.78 is 35.5. The number of hydrogen-bond acceptors (Lipinski definition) is 7. The second kappa shape index (κ2) is 75.8. The highest BCUT2D eigenvalue weighted by molar-refractivity contribution is 4.67. The van der Waals surface area contributed by atoms with Crippen molar-refractivity contribution in [2.24, 2.45) is 5.92 Å². The van der Waals surface area contributed by atoms with Crippen LogP contribution in [0.3, 0.4) is 0 Å². The lowest BCUT2D eigenvalue weighted by Crippen LogP contribution is -2.15. The summed E-state index contributed by atoms with van der Waals surface area (Å²) >= 11 is 0. The lowest BCUT2D eigenvalue weighted by molar-refractivity contribution is 0.110. The Balaban J connectivity index is -0.0000000613. The molecular formula is C38H94F2N4O3. The van der Waals surface area contributed by atoms with Crippen LogP contribution in [-0.2, 0) is 14.2 Å². The van der Waals surface area contributed by atoms with Crippen LogP contribution in [0.4, 0.5) is 8.78 Å². The van der Waals surface area contributed by atoms with Crippen molar-refractivity contribution in [1.29, 1.82) is 0 Å². The van der Waals surface area contributed by atoms with Gasteiger partial charge in [-0.25, -0.2) is 0 Å². The first-order valence-corrected chi connectivity index (χ1v) is 18.7. The summed E-state index contributed by atoms with van der Waals surface area (Å²) in [5.41, 5.74) is 0. The first-order valence-electron chi connectivity index (χ1n) is 18.7. The Labute approximate surface area is 298 Å². The number of rotatable bonds is 16. The van der Waals surface area contributed by atoms with Gasteiger partial charge in [0.1, 0.15) is 0 Å². The molecule has 0 aromatic carbocycles. The molecule has 1 rings (SSSR count). The predicted octanol–water partition coefficient (Wildman–Crippen LogP) is 9.40. The number of methoxy groups -OCH3 is 2. The van der Waals surface area contributed by atoms with Gasteiger partial charge in [0.25, 0.3) is 0 Å². The second-order valence-electron chi connectivity index (χ2n) is 10.9. The van der Waals surface area contributed by atoms with Gasteiger partial charge < -0.3 is 34.6 Å². The van der Waals surface area contributed by atoms with Crippen molar-refractivity contribution in [2.75, 3.05) is 115 Å². The summed E-state index contributed by atoms with van der Waals surface area (Å²) in [5.74, 6) is 0.449. The molecule has 0 bridgehead atoms. The second-order valence-corrected chi connectivity index (χ2v) is 10.9. The molecule has 7 nitrogen and oxygen atoms in total. The lowest BCUT2D eigenvalue weighted by Gasteiger charge is -2.20. The third-order valence-electron chi connectivity index (χ3n) is 6.11. The molecule has 298 valence electrons. The molecular weight excluding hydrogens is 598 g/mol. The van der Waals surface area contributed by atoms with Crippen LogP contribution in [0.5, 0.6) is 0 Å². The van der Waals surface area contributed by atoms with E-state index in [1.807, 2.05) is 20.9 Å². The van der Waals surface area contributed by atoms with Gasteiger partial charge in [-0.3, -0.25) is 8.78 Å². The maximum absolute atomic E-state index is 11.4. The molecule has 0 aliphatic heterocycles. The van der Waals surface area contributed by atoms with Gasteiger partial charge in [-0.2, -0.15) is 0 Å². The van der Waals surface area contributed by atoms with Crippen LogP contribution in [0.2, 0.25) is 0 Å². The van der Waals surface area contributed by atoms with Crippen LogP contribution < -0.4 is 10.6 Å². The van der Waals surface area contributed by atoms with E-state index >= 15 is 0 Å². The van der Waals surface area contributed by atoms with Crippen molar-refractivity contribution < 1.29 is 23.0 Å². The minimum atomic E-state index is -0.0833. The fourth-order valence-corrected chi connectivity index (χ4v) is 2.75. The quantitative estimate of drug-likeness (QED) is 0.167. The normalized spacial score (nSPS) is 11.4. The van der Waals surface area contributed by atoms with E-state index in [1.54, 1.807) is 14.2 Å². The molecule has 0 aromatic heterocycles. The van der Waals surface area contributed by atoms with Gasteiger partial charge >= 0.3 is 0 Å². The molecule has 0 saturated heterocycles. The van der Waals surface area contributed by atoms with E-state index in [4.69, 9.17) is 14.2 Å². The molecule has 1 aliphatic rings. The molecule has 47 heavy (non-hydrogen) atoms. The van der Waals surface area contributed by atoms with Crippen LogP contribution in [0.15, 0.2) is 0 Å². The number of ether oxygens (including phenoxy) is 3. The average Bonchev–Trinajstić information content (AvgIpc) is 3.05. The molecule has 0 amide bonds. The van der Waals surface area contributed by atoms with Crippen molar-refractivity contribution in [3.8, 4) is 0 Å². The van der Waals surface area contributed by atoms with Crippen molar-refractivity contribution in [1.82, 2.24) is 20.4 Å². The van der Waals surface area contributed by atoms with Crippen molar-refractivity contribution in [2.45, 2.75) is 134 Å². The van der Waals surface area contributed by atoms with Crippen LogP contribution in [-0.4, -0.2) is 131 Å². The number of nitrogens with one attached hydrogen (secondary N) is 2. The summed E-state index contributed by atoms with van der Waals surface area (Å²) in [7, 11) is 12.2. The Morgan fingerprint density at radius 2 is 1.26 bits per heavy atom. The van der Waals surface area contributed by atoms with Crippen molar-refractivity contribution in [3.05, 3.63) is 0 Å². The third kappa shape index (κ3) is 114. The van der Waals surface area contributed by atoms with Gasteiger partial charge in [0.2, 0.25) is 0 Å². The highest BCUT2D eigenvalue weighted by Gasteiger charge is 2.15.